The summed E-state index contributed by atoms with van der Waals surface area (Å²) in [5.74, 6) is 3.52. The highest BCUT2D eigenvalue weighted by molar-refractivity contribution is 5.65. The van der Waals surface area contributed by atoms with Crippen LogP contribution >= 0.6 is 0 Å². The zero-order valence-corrected chi connectivity index (χ0v) is 16.0. The topological polar surface area (TPSA) is 0 Å². The molecule has 0 aromatic heterocycles. The van der Waals surface area contributed by atoms with Crippen LogP contribution in [0.15, 0.2) is 54.6 Å². The van der Waals surface area contributed by atoms with Crippen LogP contribution in [0.1, 0.15) is 42.0 Å². The number of hydrogen-bond donors (Lipinski definition) is 0. The Kier molecular flexibility index (Phi) is 6.21. The fourth-order valence-corrected chi connectivity index (χ4v) is 3.01. The molecule has 0 nitrogen and oxygen atoms in total. The van der Waals surface area contributed by atoms with Gasteiger partial charge in [0.25, 0.3) is 0 Å². The highest BCUT2D eigenvalue weighted by Crippen LogP contribution is 2.23. The maximum absolute atomic E-state index is 14.5. The molecule has 3 rings (SSSR count). The van der Waals surface area contributed by atoms with Gasteiger partial charge in [0, 0.05) is 5.56 Å². The maximum Gasteiger partial charge on any atom is 0.159 e. The molecule has 3 heteroatoms. The summed E-state index contributed by atoms with van der Waals surface area (Å²) in [6.07, 6.45) is 3.35. The molecule has 28 heavy (non-hydrogen) atoms. The fraction of sp³-hybridized carbons (Fsp3) is 0.200. The third kappa shape index (κ3) is 4.64. The normalized spacial score (nSPS) is 10.5. The average molecular weight is 378 g/mol. The lowest BCUT2D eigenvalue weighted by molar-refractivity contribution is 0.509. The Hall–Kier alpha value is -2.99. The summed E-state index contributed by atoms with van der Waals surface area (Å²) in [4.78, 5) is 0. The van der Waals surface area contributed by atoms with E-state index in [-0.39, 0.29) is 5.56 Å². The van der Waals surface area contributed by atoms with Crippen molar-refractivity contribution in [3.8, 4) is 23.0 Å². The van der Waals surface area contributed by atoms with Gasteiger partial charge in [0.2, 0.25) is 0 Å². The molecule has 0 unspecified atom stereocenters. The number of hydrogen-bond acceptors (Lipinski definition) is 0. The minimum Gasteiger partial charge on any atom is -0.206 e. The summed E-state index contributed by atoms with van der Waals surface area (Å²) in [5.41, 5.74) is 4.37. The first kappa shape index (κ1) is 19.8. The van der Waals surface area contributed by atoms with Crippen LogP contribution in [-0.4, -0.2) is 0 Å². The average Bonchev–Trinajstić information content (AvgIpc) is 2.68. The molecule has 0 heterocycles. The Morgan fingerprint density at radius 3 is 2.00 bits per heavy atom. The molecule has 0 radical (unpaired) electrons. The minimum atomic E-state index is -0.959. The van der Waals surface area contributed by atoms with Gasteiger partial charge >= 0.3 is 0 Å². The zero-order chi connectivity index (χ0) is 20.1. The lowest BCUT2D eigenvalue weighted by Gasteiger charge is -2.05. The second-order valence-corrected chi connectivity index (χ2v) is 6.83. The first-order valence-electron chi connectivity index (χ1n) is 9.34. The van der Waals surface area contributed by atoms with Gasteiger partial charge in [-0.2, -0.15) is 0 Å². The van der Waals surface area contributed by atoms with Gasteiger partial charge in [-0.15, -0.1) is 0 Å². The molecule has 142 valence electrons. The van der Waals surface area contributed by atoms with Gasteiger partial charge in [0.1, 0.15) is 5.82 Å². The summed E-state index contributed by atoms with van der Waals surface area (Å²) in [6.45, 7) is 4.17. The van der Waals surface area contributed by atoms with Crippen LogP contribution in [0.2, 0.25) is 0 Å². The summed E-state index contributed by atoms with van der Waals surface area (Å²) in [6, 6.07) is 14.2. The Labute approximate surface area is 164 Å². The first-order chi connectivity index (χ1) is 13.5. The quantitative estimate of drug-likeness (QED) is 0.437. The van der Waals surface area contributed by atoms with Crippen molar-refractivity contribution in [2.75, 3.05) is 0 Å². The van der Waals surface area contributed by atoms with E-state index in [1.165, 1.54) is 17.7 Å². The SMILES string of the molecule is CCCCc1ccc(C#Cc2ccc(-c3ccc(F)c(F)c3)cc2F)c(C)c1. The largest absolute Gasteiger partial charge is 0.206 e. The van der Waals surface area contributed by atoms with Crippen molar-refractivity contribution in [1.82, 2.24) is 0 Å². The van der Waals surface area contributed by atoms with E-state index in [0.717, 1.165) is 42.5 Å². The van der Waals surface area contributed by atoms with Gasteiger partial charge in [-0.3, -0.25) is 0 Å². The van der Waals surface area contributed by atoms with Gasteiger partial charge in [0.05, 0.1) is 5.56 Å². The molecule has 0 spiro atoms. The standard InChI is InChI=1S/C25H21F3/c1-3-4-5-18-6-7-19(17(2)14-18)8-9-20-10-11-21(15-24(20)27)22-12-13-23(26)25(28)16-22/h6-7,10-16H,3-5H2,1-2H3. The number of aryl methyl sites for hydroxylation is 2. The van der Waals surface area contributed by atoms with E-state index in [4.69, 9.17) is 0 Å². The number of benzene rings is 3. The lowest BCUT2D eigenvalue weighted by Crippen LogP contribution is -1.90. The van der Waals surface area contributed by atoms with Gasteiger partial charge in [0.15, 0.2) is 11.6 Å². The molecule has 0 fully saturated rings. The molecule has 3 aromatic rings. The molecule has 0 atom stereocenters. The Morgan fingerprint density at radius 1 is 0.714 bits per heavy atom. The van der Waals surface area contributed by atoms with E-state index < -0.39 is 17.5 Å². The second-order valence-electron chi connectivity index (χ2n) is 6.83. The highest BCUT2D eigenvalue weighted by atomic mass is 19.2. The Balaban J connectivity index is 1.83. The minimum absolute atomic E-state index is 0.265. The molecule has 0 saturated carbocycles. The lowest BCUT2D eigenvalue weighted by atomic mass is 10.0. The fourth-order valence-electron chi connectivity index (χ4n) is 3.01. The van der Waals surface area contributed by atoms with Gasteiger partial charge < -0.3 is 0 Å². The van der Waals surface area contributed by atoms with Crippen molar-refractivity contribution in [2.24, 2.45) is 0 Å². The molecule has 0 bridgehead atoms. The molecule has 0 amide bonds. The summed E-state index contributed by atoms with van der Waals surface area (Å²) in [5, 5.41) is 0. The molecular formula is C25H21F3. The third-order valence-electron chi connectivity index (χ3n) is 4.66. The van der Waals surface area contributed by atoms with Crippen LogP contribution in [-0.2, 0) is 6.42 Å². The van der Waals surface area contributed by atoms with Crippen LogP contribution < -0.4 is 0 Å². The number of rotatable bonds is 4. The summed E-state index contributed by atoms with van der Waals surface area (Å²) < 4.78 is 40.9. The molecule has 0 aliphatic heterocycles. The monoisotopic (exact) mass is 378 g/mol. The molecular weight excluding hydrogens is 357 g/mol. The first-order valence-corrected chi connectivity index (χ1v) is 9.34. The number of unbranched alkanes of at least 4 members (excludes halogenated alkanes) is 1. The predicted molar refractivity (Wildman–Crippen MR) is 108 cm³/mol. The smallest absolute Gasteiger partial charge is 0.159 e. The van der Waals surface area contributed by atoms with E-state index in [1.54, 1.807) is 12.1 Å². The Bertz CT molecular complexity index is 1060. The maximum atomic E-state index is 14.5. The van der Waals surface area contributed by atoms with E-state index in [0.29, 0.717) is 11.1 Å². The van der Waals surface area contributed by atoms with Crippen LogP contribution in [0, 0.1) is 36.2 Å². The molecule has 0 N–H and O–H groups in total. The highest BCUT2D eigenvalue weighted by Gasteiger charge is 2.07. The van der Waals surface area contributed by atoms with Crippen molar-refractivity contribution in [3.05, 3.63) is 94.3 Å². The van der Waals surface area contributed by atoms with Crippen LogP contribution in [0.3, 0.4) is 0 Å². The van der Waals surface area contributed by atoms with E-state index in [1.807, 2.05) is 13.0 Å². The van der Waals surface area contributed by atoms with Crippen LogP contribution in [0.25, 0.3) is 11.1 Å². The van der Waals surface area contributed by atoms with E-state index in [2.05, 4.69) is 30.9 Å². The van der Waals surface area contributed by atoms with E-state index >= 15 is 0 Å². The van der Waals surface area contributed by atoms with Crippen molar-refractivity contribution in [1.29, 1.82) is 0 Å². The second kappa shape index (κ2) is 8.80. The Morgan fingerprint density at radius 2 is 1.36 bits per heavy atom. The van der Waals surface area contributed by atoms with Crippen molar-refractivity contribution >= 4 is 0 Å². The van der Waals surface area contributed by atoms with Gasteiger partial charge in [-0.05, 0) is 72.4 Å². The third-order valence-corrected chi connectivity index (χ3v) is 4.66. The van der Waals surface area contributed by atoms with Crippen molar-refractivity contribution in [2.45, 2.75) is 33.1 Å². The van der Waals surface area contributed by atoms with Crippen molar-refractivity contribution < 1.29 is 13.2 Å². The number of halogens is 3. The van der Waals surface area contributed by atoms with Gasteiger partial charge in [-0.25, -0.2) is 13.2 Å². The summed E-state index contributed by atoms with van der Waals surface area (Å²) in [7, 11) is 0. The molecule has 0 aliphatic rings. The predicted octanol–water partition coefficient (Wildman–Crippen LogP) is 6.82. The molecule has 3 aromatic carbocycles. The zero-order valence-electron chi connectivity index (χ0n) is 16.0. The van der Waals surface area contributed by atoms with Gasteiger partial charge in [-0.1, -0.05) is 49.5 Å². The van der Waals surface area contributed by atoms with Crippen LogP contribution in [0.4, 0.5) is 13.2 Å². The summed E-state index contributed by atoms with van der Waals surface area (Å²) >= 11 is 0. The molecule has 0 saturated heterocycles. The molecule has 0 aliphatic carbocycles. The van der Waals surface area contributed by atoms with Crippen LogP contribution in [0.5, 0.6) is 0 Å². The van der Waals surface area contributed by atoms with E-state index in [9.17, 15) is 13.2 Å². The van der Waals surface area contributed by atoms with Crippen molar-refractivity contribution in [3.63, 3.8) is 0 Å².